The molecule has 1 saturated carbocycles. The second kappa shape index (κ2) is 9.22. The highest BCUT2D eigenvalue weighted by molar-refractivity contribution is 5.74. The van der Waals surface area contributed by atoms with E-state index in [1.165, 1.54) is 25.7 Å². The minimum absolute atomic E-state index is 0.132. The predicted molar refractivity (Wildman–Crippen MR) is 85.0 cm³/mol. The van der Waals surface area contributed by atoms with Crippen molar-refractivity contribution in [3.63, 3.8) is 0 Å². The zero-order valence-electron chi connectivity index (χ0n) is 13.8. The molecule has 4 heteroatoms. The molecular weight excluding hydrogens is 250 g/mol. The van der Waals surface area contributed by atoms with Crippen molar-refractivity contribution >= 4 is 6.03 Å². The Hall–Kier alpha value is -0.770. The highest BCUT2D eigenvalue weighted by Crippen LogP contribution is 2.17. The van der Waals surface area contributed by atoms with Gasteiger partial charge in [-0.15, -0.1) is 0 Å². The van der Waals surface area contributed by atoms with Gasteiger partial charge < -0.3 is 15.1 Å². The van der Waals surface area contributed by atoms with Gasteiger partial charge >= 0.3 is 6.03 Å². The minimum Gasteiger partial charge on any atom is -0.335 e. The lowest BCUT2D eigenvalue weighted by molar-refractivity contribution is 0.179. The molecule has 0 unspecified atom stereocenters. The number of likely N-dealkylation sites (N-methyl/N-ethyl adjacent to an activating group) is 1. The number of urea groups is 1. The lowest BCUT2D eigenvalue weighted by Crippen LogP contribution is -2.48. The number of carbonyl (C=O) groups is 1. The average molecular weight is 283 g/mol. The predicted octanol–water partition coefficient (Wildman–Crippen LogP) is 2.94. The van der Waals surface area contributed by atoms with Crippen LogP contribution in [0.2, 0.25) is 0 Å². The molecule has 0 aliphatic heterocycles. The van der Waals surface area contributed by atoms with E-state index in [9.17, 15) is 4.79 Å². The molecule has 20 heavy (non-hydrogen) atoms. The van der Waals surface area contributed by atoms with Crippen LogP contribution in [0.15, 0.2) is 0 Å². The lowest BCUT2D eigenvalue weighted by Gasteiger charge is -2.28. The van der Waals surface area contributed by atoms with Gasteiger partial charge in [-0.25, -0.2) is 4.79 Å². The zero-order chi connectivity index (χ0) is 15.0. The van der Waals surface area contributed by atoms with Crippen LogP contribution in [0.3, 0.4) is 0 Å². The number of amides is 2. The summed E-state index contributed by atoms with van der Waals surface area (Å²) in [7, 11) is 4.10. The largest absolute Gasteiger partial charge is 0.335 e. The van der Waals surface area contributed by atoms with Gasteiger partial charge in [0.25, 0.3) is 0 Å². The molecule has 1 N–H and O–H groups in total. The van der Waals surface area contributed by atoms with Crippen molar-refractivity contribution in [2.75, 3.05) is 33.7 Å². The molecule has 0 aromatic carbocycles. The first-order valence-corrected chi connectivity index (χ1v) is 8.19. The molecule has 1 rings (SSSR count). The standard InChI is InChI=1S/C16H33N3O/c1-14(2)13-19(12-11-18(3)4)16(20)17-15-9-7-5-6-8-10-15/h14-15H,5-13H2,1-4H3,(H,17,20). The Balaban J connectivity index is 2.47. The summed E-state index contributed by atoms with van der Waals surface area (Å²) in [5.41, 5.74) is 0. The molecule has 0 aromatic heterocycles. The second-order valence-corrected chi connectivity index (χ2v) is 6.78. The second-order valence-electron chi connectivity index (χ2n) is 6.78. The van der Waals surface area contributed by atoms with Gasteiger partial charge in [0.15, 0.2) is 0 Å². The van der Waals surface area contributed by atoms with E-state index in [1.807, 2.05) is 4.90 Å². The number of rotatable bonds is 6. The molecule has 0 atom stereocenters. The van der Waals surface area contributed by atoms with Crippen LogP contribution in [0.4, 0.5) is 4.79 Å². The van der Waals surface area contributed by atoms with Crippen LogP contribution in [-0.4, -0.2) is 55.6 Å². The third kappa shape index (κ3) is 7.13. The Kier molecular flexibility index (Phi) is 7.97. The molecule has 1 fully saturated rings. The van der Waals surface area contributed by atoms with Crippen LogP contribution in [-0.2, 0) is 0 Å². The first-order chi connectivity index (χ1) is 9.49. The molecular formula is C16H33N3O. The van der Waals surface area contributed by atoms with Crippen LogP contribution in [0, 0.1) is 5.92 Å². The summed E-state index contributed by atoms with van der Waals surface area (Å²) in [6.45, 7) is 6.91. The van der Waals surface area contributed by atoms with Crippen molar-refractivity contribution in [3.05, 3.63) is 0 Å². The molecule has 0 heterocycles. The summed E-state index contributed by atoms with van der Waals surface area (Å²) in [5.74, 6) is 0.511. The van der Waals surface area contributed by atoms with Gasteiger partial charge in [-0.1, -0.05) is 39.5 Å². The number of carbonyl (C=O) groups excluding carboxylic acids is 1. The third-order valence-electron chi connectivity index (χ3n) is 3.87. The summed E-state index contributed by atoms with van der Waals surface area (Å²) in [6.07, 6.45) is 7.45. The van der Waals surface area contributed by atoms with Crippen LogP contribution in [0.25, 0.3) is 0 Å². The van der Waals surface area contributed by atoms with Gasteiger partial charge in [0.1, 0.15) is 0 Å². The lowest BCUT2D eigenvalue weighted by atomic mass is 10.1. The molecule has 1 aliphatic rings. The van der Waals surface area contributed by atoms with Crippen molar-refractivity contribution in [1.82, 2.24) is 15.1 Å². The summed E-state index contributed by atoms with van der Waals surface area (Å²) in [6, 6.07) is 0.520. The number of nitrogens with zero attached hydrogens (tertiary/aromatic N) is 2. The maximum absolute atomic E-state index is 12.5. The van der Waals surface area contributed by atoms with E-state index in [0.29, 0.717) is 12.0 Å². The molecule has 0 saturated heterocycles. The van der Waals surface area contributed by atoms with Crippen molar-refractivity contribution in [3.8, 4) is 0 Å². The summed E-state index contributed by atoms with van der Waals surface area (Å²) in [5, 5.41) is 3.26. The van der Waals surface area contributed by atoms with Gasteiger partial charge in [-0.2, -0.15) is 0 Å². The molecule has 118 valence electrons. The zero-order valence-corrected chi connectivity index (χ0v) is 13.8. The number of hydrogen-bond acceptors (Lipinski definition) is 2. The molecule has 0 spiro atoms. The van der Waals surface area contributed by atoms with E-state index >= 15 is 0 Å². The maximum Gasteiger partial charge on any atom is 0.317 e. The van der Waals surface area contributed by atoms with E-state index in [-0.39, 0.29) is 6.03 Å². The Bertz CT molecular complexity index is 271. The molecule has 4 nitrogen and oxygen atoms in total. The Morgan fingerprint density at radius 3 is 2.20 bits per heavy atom. The van der Waals surface area contributed by atoms with Crippen molar-refractivity contribution in [1.29, 1.82) is 0 Å². The normalized spacial score (nSPS) is 17.3. The average Bonchev–Trinajstić information content (AvgIpc) is 2.62. The van der Waals surface area contributed by atoms with Gasteiger partial charge in [0.05, 0.1) is 0 Å². The summed E-state index contributed by atoms with van der Waals surface area (Å²) < 4.78 is 0. The fourth-order valence-corrected chi connectivity index (χ4v) is 2.73. The molecule has 1 aliphatic carbocycles. The van der Waals surface area contributed by atoms with Gasteiger partial charge in [0, 0.05) is 25.7 Å². The van der Waals surface area contributed by atoms with Crippen molar-refractivity contribution in [2.24, 2.45) is 5.92 Å². The summed E-state index contributed by atoms with van der Waals surface area (Å²) in [4.78, 5) is 16.6. The van der Waals surface area contributed by atoms with Crippen LogP contribution in [0.5, 0.6) is 0 Å². The third-order valence-corrected chi connectivity index (χ3v) is 3.87. The van der Waals surface area contributed by atoms with Crippen LogP contribution >= 0.6 is 0 Å². The Morgan fingerprint density at radius 1 is 1.10 bits per heavy atom. The van der Waals surface area contributed by atoms with Gasteiger partial charge in [-0.05, 0) is 32.9 Å². The maximum atomic E-state index is 12.5. The number of hydrogen-bond donors (Lipinski definition) is 1. The first-order valence-electron chi connectivity index (χ1n) is 8.19. The van der Waals surface area contributed by atoms with Gasteiger partial charge in [0.2, 0.25) is 0 Å². The molecule has 2 amide bonds. The quantitative estimate of drug-likeness (QED) is 0.761. The SMILES string of the molecule is CC(C)CN(CCN(C)C)C(=O)NC1CCCCCC1. The fraction of sp³-hybridized carbons (Fsp3) is 0.938. The van der Waals surface area contributed by atoms with Crippen molar-refractivity contribution < 1.29 is 4.79 Å². The minimum atomic E-state index is 0.132. The Labute approximate surface area is 124 Å². The highest BCUT2D eigenvalue weighted by atomic mass is 16.2. The first kappa shape index (κ1) is 17.3. The van der Waals surface area contributed by atoms with Gasteiger partial charge in [-0.3, -0.25) is 0 Å². The monoisotopic (exact) mass is 283 g/mol. The number of nitrogens with one attached hydrogen (secondary N) is 1. The summed E-state index contributed by atoms with van der Waals surface area (Å²) >= 11 is 0. The van der Waals surface area contributed by atoms with E-state index in [4.69, 9.17) is 0 Å². The van der Waals surface area contributed by atoms with Crippen LogP contribution in [0.1, 0.15) is 52.4 Å². The van der Waals surface area contributed by atoms with E-state index in [1.54, 1.807) is 0 Å². The topological polar surface area (TPSA) is 35.6 Å². The highest BCUT2D eigenvalue weighted by Gasteiger charge is 2.19. The van der Waals surface area contributed by atoms with Crippen molar-refractivity contribution in [2.45, 2.75) is 58.4 Å². The molecule has 0 aromatic rings. The van der Waals surface area contributed by atoms with E-state index < -0.39 is 0 Å². The van der Waals surface area contributed by atoms with Crippen LogP contribution < -0.4 is 5.32 Å². The molecule has 0 radical (unpaired) electrons. The Morgan fingerprint density at radius 2 is 1.70 bits per heavy atom. The van der Waals surface area contributed by atoms with E-state index in [2.05, 4.69) is 38.2 Å². The molecule has 0 bridgehead atoms. The fourth-order valence-electron chi connectivity index (χ4n) is 2.73. The van der Waals surface area contributed by atoms with E-state index in [0.717, 1.165) is 32.5 Å². The smallest absolute Gasteiger partial charge is 0.317 e.